The second-order valence-corrected chi connectivity index (χ2v) is 3.85. The van der Waals surface area contributed by atoms with Crippen LogP contribution in [0.1, 0.15) is 5.56 Å². The van der Waals surface area contributed by atoms with Crippen molar-refractivity contribution in [1.82, 2.24) is 4.98 Å². The minimum Gasteiger partial charge on any atom is -0.497 e. The molecule has 1 heterocycles. The minimum atomic E-state index is -0.853. The van der Waals surface area contributed by atoms with Crippen molar-refractivity contribution < 1.29 is 14.6 Å². The Hall–Kier alpha value is -2.36. The number of ether oxygens (including phenoxy) is 1. The van der Waals surface area contributed by atoms with E-state index in [-0.39, 0.29) is 6.42 Å². The molecule has 0 bridgehead atoms. The largest absolute Gasteiger partial charge is 0.497 e. The summed E-state index contributed by atoms with van der Waals surface area (Å²) in [7, 11) is 1.62. The molecule has 0 aliphatic heterocycles. The average Bonchev–Trinajstić information content (AvgIpc) is 2.39. The number of carbonyl (C=O) groups is 1. The van der Waals surface area contributed by atoms with Crippen molar-refractivity contribution in [1.29, 1.82) is 0 Å². The maximum atomic E-state index is 10.6. The first-order valence-electron chi connectivity index (χ1n) is 5.50. The zero-order chi connectivity index (χ0) is 13.0. The van der Waals surface area contributed by atoms with Crippen LogP contribution in [0.3, 0.4) is 0 Å². The predicted octanol–water partition coefficient (Wildman–Crippen LogP) is 2.38. The fourth-order valence-electron chi connectivity index (χ4n) is 1.64. The van der Waals surface area contributed by atoms with E-state index in [9.17, 15) is 4.79 Å². The quantitative estimate of drug-likeness (QED) is 0.895. The van der Waals surface area contributed by atoms with Gasteiger partial charge in [-0.2, -0.15) is 0 Å². The lowest BCUT2D eigenvalue weighted by Crippen LogP contribution is -2.00. The number of pyridine rings is 1. The summed E-state index contributed by atoms with van der Waals surface area (Å²) >= 11 is 0. The number of carboxylic acid groups (broad SMARTS) is 1. The van der Waals surface area contributed by atoms with Crippen LogP contribution in [-0.4, -0.2) is 23.2 Å². The van der Waals surface area contributed by atoms with Gasteiger partial charge in [-0.3, -0.25) is 9.78 Å². The number of methoxy groups -OCH3 is 1. The van der Waals surface area contributed by atoms with Gasteiger partial charge >= 0.3 is 5.97 Å². The van der Waals surface area contributed by atoms with Gasteiger partial charge < -0.3 is 9.84 Å². The monoisotopic (exact) mass is 243 g/mol. The predicted molar refractivity (Wildman–Crippen MR) is 67.6 cm³/mol. The minimum absolute atomic E-state index is 0.00407. The Morgan fingerprint density at radius 1 is 1.22 bits per heavy atom. The van der Waals surface area contributed by atoms with Crippen LogP contribution < -0.4 is 4.74 Å². The smallest absolute Gasteiger partial charge is 0.307 e. The molecule has 0 fully saturated rings. The van der Waals surface area contributed by atoms with E-state index in [0.717, 1.165) is 17.0 Å². The van der Waals surface area contributed by atoms with Gasteiger partial charge in [-0.1, -0.05) is 6.07 Å². The Morgan fingerprint density at radius 3 is 2.44 bits per heavy atom. The molecule has 1 aromatic carbocycles. The van der Waals surface area contributed by atoms with Crippen LogP contribution in [0.5, 0.6) is 5.75 Å². The van der Waals surface area contributed by atoms with Crippen molar-refractivity contribution in [2.45, 2.75) is 6.42 Å². The molecule has 0 saturated carbocycles. The molecular formula is C14H13NO3. The van der Waals surface area contributed by atoms with Gasteiger partial charge in [0.15, 0.2) is 0 Å². The van der Waals surface area contributed by atoms with E-state index in [4.69, 9.17) is 9.84 Å². The van der Waals surface area contributed by atoms with Crippen molar-refractivity contribution in [3.8, 4) is 17.0 Å². The summed E-state index contributed by atoms with van der Waals surface area (Å²) in [5.74, 6) is -0.0600. The van der Waals surface area contributed by atoms with Crippen LogP contribution in [0.25, 0.3) is 11.3 Å². The van der Waals surface area contributed by atoms with Crippen LogP contribution in [-0.2, 0) is 11.2 Å². The molecule has 0 saturated heterocycles. The van der Waals surface area contributed by atoms with Gasteiger partial charge in [0.1, 0.15) is 5.75 Å². The molecule has 1 aromatic heterocycles. The molecule has 0 aliphatic rings. The highest BCUT2D eigenvalue weighted by atomic mass is 16.5. The molecule has 4 heteroatoms. The van der Waals surface area contributed by atoms with Gasteiger partial charge in [-0.25, -0.2) is 0 Å². The zero-order valence-corrected chi connectivity index (χ0v) is 9.96. The highest BCUT2D eigenvalue weighted by Gasteiger charge is 2.03. The number of rotatable bonds is 4. The topological polar surface area (TPSA) is 59.4 Å². The lowest BCUT2D eigenvalue weighted by molar-refractivity contribution is -0.136. The number of hydrogen-bond acceptors (Lipinski definition) is 3. The summed E-state index contributed by atoms with van der Waals surface area (Å²) in [6.07, 6.45) is 1.59. The fraction of sp³-hybridized carbons (Fsp3) is 0.143. The van der Waals surface area contributed by atoms with E-state index in [1.54, 1.807) is 19.4 Å². The number of nitrogens with zero attached hydrogens (tertiary/aromatic N) is 1. The lowest BCUT2D eigenvalue weighted by atomic mass is 10.1. The van der Waals surface area contributed by atoms with Crippen LogP contribution in [0.15, 0.2) is 42.6 Å². The van der Waals surface area contributed by atoms with Gasteiger partial charge in [0.2, 0.25) is 0 Å². The second kappa shape index (κ2) is 5.31. The maximum absolute atomic E-state index is 10.6. The molecule has 0 aliphatic carbocycles. The first-order chi connectivity index (χ1) is 8.69. The van der Waals surface area contributed by atoms with Crippen LogP contribution in [0.2, 0.25) is 0 Å². The Bertz CT molecular complexity index is 532. The van der Waals surface area contributed by atoms with E-state index in [1.165, 1.54) is 0 Å². The summed E-state index contributed by atoms with van der Waals surface area (Å²) in [6, 6.07) is 11.2. The number of carboxylic acids is 1. The molecule has 2 aromatic rings. The van der Waals surface area contributed by atoms with Gasteiger partial charge in [0, 0.05) is 11.8 Å². The first kappa shape index (κ1) is 12.1. The highest BCUT2D eigenvalue weighted by Crippen LogP contribution is 2.20. The van der Waals surface area contributed by atoms with Gasteiger partial charge in [-0.15, -0.1) is 0 Å². The third kappa shape index (κ3) is 2.85. The van der Waals surface area contributed by atoms with E-state index < -0.39 is 5.97 Å². The molecule has 92 valence electrons. The van der Waals surface area contributed by atoms with Gasteiger partial charge in [-0.05, 0) is 35.9 Å². The van der Waals surface area contributed by atoms with Crippen LogP contribution >= 0.6 is 0 Å². The fourth-order valence-corrected chi connectivity index (χ4v) is 1.64. The molecular weight excluding hydrogens is 230 g/mol. The Labute approximate surface area is 105 Å². The van der Waals surface area contributed by atoms with Crippen LogP contribution in [0, 0.1) is 0 Å². The standard InChI is InChI=1S/C14H13NO3/c1-18-12-5-3-11(4-6-12)13-7-2-10(9-15-13)8-14(16)17/h2-7,9H,8H2,1H3,(H,16,17). The van der Waals surface area contributed by atoms with E-state index in [1.807, 2.05) is 30.3 Å². The highest BCUT2D eigenvalue weighted by molar-refractivity contribution is 5.70. The number of hydrogen-bond donors (Lipinski definition) is 1. The molecule has 4 nitrogen and oxygen atoms in total. The summed E-state index contributed by atoms with van der Waals surface area (Å²) in [5, 5.41) is 8.67. The maximum Gasteiger partial charge on any atom is 0.307 e. The number of benzene rings is 1. The third-order valence-electron chi connectivity index (χ3n) is 2.57. The molecule has 2 rings (SSSR count). The summed E-state index contributed by atoms with van der Waals surface area (Å²) in [6.45, 7) is 0. The molecule has 0 atom stereocenters. The Kier molecular flexibility index (Phi) is 3.57. The van der Waals surface area contributed by atoms with E-state index in [2.05, 4.69) is 4.98 Å². The van der Waals surface area contributed by atoms with Crippen molar-refractivity contribution in [3.05, 3.63) is 48.2 Å². The third-order valence-corrected chi connectivity index (χ3v) is 2.57. The molecule has 18 heavy (non-hydrogen) atoms. The summed E-state index contributed by atoms with van der Waals surface area (Å²) in [4.78, 5) is 14.8. The Morgan fingerprint density at radius 2 is 1.94 bits per heavy atom. The van der Waals surface area contributed by atoms with E-state index in [0.29, 0.717) is 5.56 Å². The van der Waals surface area contributed by atoms with Crippen molar-refractivity contribution in [2.24, 2.45) is 0 Å². The SMILES string of the molecule is COc1ccc(-c2ccc(CC(=O)O)cn2)cc1. The molecule has 1 N–H and O–H groups in total. The number of aliphatic carboxylic acids is 1. The van der Waals surface area contributed by atoms with Crippen molar-refractivity contribution in [2.75, 3.05) is 7.11 Å². The molecule has 0 amide bonds. The molecule has 0 unspecified atom stereocenters. The van der Waals surface area contributed by atoms with E-state index >= 15 is 0 Å². The first-order valence-corrected chi connectivity index (χ1v) is 5.50. The van der Waals surface area contributed by atoms with Crippen molar-refractivity contribution in [3.63, 3.8) is 0 Å². The number of aromatic nitrogens is 1. The van der Waals surface area contributed by atoms with Crippen molar-refractivity contribution >= 4 is 5.97 Å². The molecule has 0 radical (unpaired) electrons. The lowest BCUT2D eigenvalue weighted by Gasteiger charge is -2.04. The van der Waals surface area contributed by atoms with Gasteiger partial charge in [0.05, 0.1) is 19.2 Å². The Balaban J connectivity index is 2.20. The zero-order valence-electron chi connectivity index (χ0n) is 9.96. The van der Waals surface area contributed by atoms with Crippen LogP contribution in [0.4, 0.5) is 0 Å². The molecule has 0 spiro atoms. The normalized spacial score (nSPS) is 10.1. The average molecular weight is 243 g/mol. The second-order valence-electron chi connectivity index (χ2n) is 3.85. The summed E-state index contributed by atoms with van der Waals surface area (Å²) in [5.41, 5.74) is 2.48. The summed E-state index contributed by atoms with van der Waals surface area (Å²) < 4.78 is 5.08. The van der Waals surface area contributed by atoms with Gasteiger partial charge in [0.25, 0.3) is 0 Å².